The first kappa shape index (κ1) is 20.0. The van der Waals surface area contributed by atoms with Crippen LogP contribution in [0.4, 0.5) is 0 Å². The molecular formula is C27H25N3O4. The molecule has 2 unspecified atom stereocenters. The lowest BCUT2D eigenvalue weighted by molar-refractivity contribution is -0.237. The lowest BCUT2D eigenvalue weighted by Gasteiger charge is -2.46. The largest absolute Gasteiger partial charge is 0.393 e. The van der Waals surface area contributed by atoms with E-state index in [2.05, 4.69) is 38.7 Å². The minimum Gasteiger partial charge on any atom is -0.393 e. The Kier molecular flexibility index (Phi) is 3.76. The predicted octanol–water partition coefficient (Wildman–Crippen LogP) is 3.86. The molecule has 0 saturated heterocycles. The third-order valence-electron chi connectivity index (χ3n) is 8.31. The van der Waals surface area contributed by atoms with Gasteiger partial charge in [-0.2, -0.15) is 0 Å². The molecule has 2 aliphatic rings. The number of aromatic nitrogens is 2. The van der Waals surface area contributed by atoms with Crippen molar-refractivity contribution in [3.8, 4) is 0 Å². The van der Waals surface area contributed by atoms with Crippen LogP contribution >= 0.6 is 0 Å². The number of nitrogens with one attached hydrogen (secondary N) is 1. The molecule has 172 valence electrons. The number of ether oxygens (including phenoxy) is 2. The van der Waals surface area contributed by atoms with E-state index < -0.39 is 11.3 Å². The predicted molar refractivity (Wildman–Crippen MR) is 131 cm³/mol. The van der Waals surface area contributed by atoms with Gasteiger partial charge in [-0.05, 0) is 24.6 Å². The Bertz CT molecular complexity index is 1690. The van der Waals surface area contributed by atoms with Crippen molar-refractivity contribution in [1.29, 1.82) is 0 Å². The molecule has 34 heavy (non-hydrogen) atoms. The molecule has 7 rings (SSSR count). The summed E-state index contributed by atoms with van der Waals surface area (Å²) >= 11 is 0. The minimum atomic E-state index is -1.09. The van der Waals surface area contributed by atoms with E-state index in [9.17, 15) is 9.90 Å². The first-order valence-corrected chi connectivity index (χ1v) is 11.5. The highest BCUT2D eigenvalue weighted by Gasteiger charge is 2.54. The Labute approximate surface area is 195 Å². The summed E-state index contributed by atoms with van der Waals surface area (Å²) in [5.41, 5.74) is 3.58. The van der Waals surface area contributed by atoms with Gasteiger partial charge in [0.05, 0.1) is 35.3 Å². The molecule has 1 amide bonds. The Hall–Kier alpha value is -3.39. The van der Waals surface area contributed by atoms with E-state index in [0.29, 0.717) is 13.1 Å². The van der Waals surface area contributed by atoms with Crippen molar-refractivity contribution in [2.75, 3.05) is 20.8 Å². The number of fused-ring (bicyclic) bond motifs is 9. The molecule has 7 heteroatoms. The summed E-state index contributed by atoms with van der Waals surface area (Å²) in [5, 5.41) is 18.0. The van der Waals surface area contributed by atoms with Gasteiger partial charge in [0, 0.05) is 47.8 Å². The second-order valence-electron chi connectivity index (χ2n) is 9.48. The van der Waals surface area contributed by atoms with Crippen LogP contribution in [0.1, 0.15) is 22.8 Å². The Morgan fingerprint density at radius 1 is 0.971 bits per heavy atom. The molecule has 2 aromatic heterocycles. The van der Waals surface area contributed by atoms with Gasteiger partial charge in [-0.3, -0.25) is 4.79 Å². The summed E-state index contributed by atoms with van der Waals surface area (Å²) in [7, 11) is 3.29. The number of nitrogens with zero attached hydrogens (tertiary/aromatic N) is 2. The van der Waals surface area contributed by atoms with Crippen molar-refractivity contribution in [1.82, 2.24) is 14.5 Å². The summed E-state index contributed by atoms with van der Waals surface area (Å²) in [5.74, 6) is -0.0458. The number of aliphatic hydroxyl groups is 1. The van der Waals surface area contributed by atoms with E-state index in [1.807, 2.05) is 31.2 Å². The topological polar surface area (TPSA) is 77.7 Å². The molecule has 0 fully saturated rings. The number of carbonyl (C=O) groups excluding carboxylic acids is 1. The van der Waals surface area contributed by atoms with Gasteiger partial charge in [-0.25, -0.2) is 0 Å². The minimum absolute atomic E-state index is 0.0458. The van der Waals surface area contributed by atoms with Crippen LogP contribution in [-0.2, 0) is 28.3 Å². The zero-order valence-corrected chi connectivity index (χ0v) is 19.3. The van der Waals surface area contributed by atoms with Gasteiger partial charge in [-0.15, -0.1) is 0 Å². The van der Waals surface area contributed by atoms with Crippen LogP contribution in [0, 0.1) is 0 Å². The van der Waals surface area contributed by atoms with Crippen molar-refractivity contribution in [3.63, 3.8) is 0 Å². The van der Waals surface area contributed by atoms with Crippen molar-refractivity contribution in [3.05, 3.63) is 59.7 Å². The van der Waals surface area contributed by atoms with Crippen LogP contribution in [0.25, 0.3) is 43.6 Å². The number of para-hydroxylation sites is 2. The molecule has 0 aliphatic carbocycles. The molecule has 2 N–H and O–H groups in total. The molecule has 0 saturated carbocycles. The maximum Gasteiger partial charge on any atom is 0.252 e. The number of benzene rings is 3. The third-order valence-corrected chi connectivity index (χ3v) is 8.31. The van der Waals surface area contributed by atoms with Gasteiger partial charge < -0.3 is 29.0 Å². The average Bonchev–Trinajstić information content (AvgIpc) is 3.50. The Morgan fingerprint density at radius 3 is 2.32 bits per heavy atom. The molecule has 3 aromatic carbocycles. The van der Waals surface area contributed by atoms with E-state index in [-0.39, 0.29) is 12.5 Å². The van der Waals surface area contributed by atoms with E-state index >= 15 is 0 Å². The van der Waals surface area contributed by atoms with Crippen molar-refractivity contribution < 1.29 is 19.4 Å². The van der Waals surface area contributed by atoms with Gasteiger partial charge in [-0.1, -0.05) is 36.4 Å². The number of methoxy groups -OCH3 is 2. The maximum absolute atomic E-state index is 13.2. The zero-order chi connectivity index (χ0) is 23.4. The van der Waals surface area contributed by atoms with E-state index in [1.54, 1.807) is 14.2 Å². The first-order chi connectivity index (χ1) is 16.5. The van der Waals surface area contributed by atoms with Crippen molar-refractivity contribution in [2.45, 2.75) is 31.3 Å². The summed E-state index contributed by atoms with van der Waals surface area (Å²) in [6.07, 6.45) is 0. The fourth-order valence-electron chi connectivity index (χ4n) is 6.54. The normalized spacial score (nSPS) is 23.9. The quantitative estimate of drug-likeness (QED) is 0.433. The van der Waals surface area contributed by atoms with Crippen molar-refractivity contribution >= 4 is 49.5 Å². The second-order valence-corrected chi connectivity index (χ2v) is 9.48. The van der Waals surface area contributed by atoms with Crippen LogP contribution in [0.3, 0.4) is 0 Å². The van der Waals surface area contributed by atoms with Gasteiger partial charge in [0.15, 0.2) is 11.3 Å². The van der Waals surface area contributed by atoms with Crippen LogP contribution in [0.2, 0.25) is 0 Å². The molecule has 0 radical (unpaired) electrons. The lowest BCUT2D eigenvalue weighted by Crippen LogP contribution is -2.60. The highest BCUT2D eigenvalue weighted by molar-refractivity contribution is 6.31. The number of rotatable bonds is 3. The Morgan fingerprint density at radius 2 is 1.65 bits per heavy atom. The number of aliphatic hydroxyl groups excluding tert-OH is 1. The van der Waals surface area contributed by atoms with Gasteiger partial charge in [0.2, 0.25) is 0 Å². The number of carbonyl (C=O) groups is 1. The molecule has 0 bridgehead atoms. The molecule has 4 heterocycles. The molecule has 2 atom stereocenters. The molecule has 2 aliphatic heterocycles. The van der Waals surface area contributed by atoms with Crippen LogP contribution in [0.15, 0.2) is 48.5 Å². The fourth-order valence-corrected chi connectivity index (χ4v) is 6.54. The summed E-state index contributed by atoms with van der Waals surface area (Å²) in [4.78, 5) is 13.2. The third kappa shape index (κ3) is 1.99. The smallest absolute Gasteiger partial charge is 0.252 e. The van der Waals surface area contributed by atoms with Crippen LogP contribution < -0.4 is 5.32 Å². The summed E-state index contributed by atoms with van der Waals surface area (Å²) < 4.78 is 16.8. The Balaban J connectivity index is 1.89. The molecule has 0 spiro atoms. The number of hydrogen-bond acceptors (Lipinski definition) is 4. The fraction of sp³-hybridized carbons (Fsp3) is 0.296. The van der Waals surface area contributed by atoms with E-state index in [1.165, 1.54) is 0 Å². The molecule has 5 aromatic rings. The lowest BCUT2D eigenvalue weighted by atomic mass is 9.90. The van der Waals surface area contributed by atoms with Gasteiger partial charge >= 0.3 is 0 Å². The van der Waals surface area contributed by atoms with Crippen molar-refractivity contribution in [2.24, 2.45) is 0 Å². The monoisotopic (exact) mass is 455 g/mol. The van der Waals surface area contributed by atoms with Crippen LogP contribution in [-0.4, -0.2) is 46.6 Å². The summed E-state index contributed by atoms with van der Waals surface area (Å²) in [6.45, 7) is 2.58. The maximum atomic E-state index is 13.2. The van der Waals surface area contributed by atoms with E-state index in [4.69, 9.17) is 9.47 Å². The van der Waals surface area contributed by atoms with E-state index in [0.717, 1.165) is 54.7 Å². The highest BCUT2D eigenvalue weighted by atomic mass is 16.6. The van der Waals surface area contributed by atoms with Gasteiger partial charge in [0.1, 0.15) is 0 Å². The first-order valence-electron chi connectivity index (χ1n) is 11.5. The molecular weight excluding hydrogens is 430 g/mol. The number of amides is 1. The zero-order valence-electron chi connectivity index (χ0n) is 19.3. The SMILES string of the molecule is COC1(CO)Cn2c3ccccc3c3c4c(c5c6ccccc6n(c5c32)C1(C)OC)CNC4=O. The highest BCUT2D eigenvalue weighted by Crippen LogP contribution is 2.51. The summed E-state index contributed by atoms with van der Waals surface area (Å²) in [6, 6.07) is 16.4. The average molecular weight is 456 g/mol. The second kappa shape index (κ2) is 6.39. The van der Waals surface area contributed by atoms with Crippen LogP contribution in [0.5, 0.6) is 0 Å². The van der Waals surface area contributed by atoms with Gasteiger partial charge in [0.25, 0.3) is 5.91 Å². The standard InChI is InChI=1S/C27H25N3O4/c1-26(33-2)27(14-31,34-3)13-29-18-10-6-4-8-15(18)21-22-17(12-28-25(22)32)20-16-9-5-7-11-19(16)30(26)24(20)23(21)29/h4-11,31H,12-14H2,1-3H3,(H,28,32). The number of hydrogen-bond donors (Lipinski definition) is 2. The molecule has 7 nitrogen and oxygen atoms in total.